The monoisotopic (exact) mass is 400 g/mol. The van der Waals surface area contributed by atoms with Gasteiger partial charge in [-0.1, -0.05) is 68.0 Å². The Labute approximate surface area is 169 Å². The quantitative estimate of drug-likeness (QED) is 0.775. The fourth-order valence-corrected chi connectivity index (χ4v) is 4.57. The van der Waals surface area contributed by atoms with Crippen molar-refractivity contribution in [2.75, 3.05) is 13.7 Å². The Balaban J connectivity index is 1.62. The van der Waals surface area contributed by atoms with E-state index < -0.39 is 5.54 Å². The normalized spacial score (nSPS) is 23.3. The number of nitrogens with two attached hydrogens (primary N) is 1. The van der Waals surface area contributed by atoms with Crippen LogP contribution in [0.1, 0.15) is 38.5 Å². The zero-order valence-electron chi connectivity index (χ0n) is 16.0. The minimum atomic E-state index is -0.971. The van der Waals surface area contributed by atoms with Crippen LogP contribution in [-0.4, -0.2) is 40.9 Å². The van der Waals surface area contributed by atoms with Gasteiger partial charge in [0, 0.05) is 17.8 Å². The molecule has 1 aliphatic carbocycles. The predicted octanol–water partition coefficient (Wildman–Crippen LogP) is 3.76. The van der Waals surface area contributed by atoms with E-state index in [-0.39, 0.29) is 18.5 Å². The number of likely N-dealkylation sites (N-methyl/N-ethyl adjacent to an activating group) is 1. The number of guanidine groups is 1. The number of hydrogen-bond acceptors (Lipinski definition) is 5. The maximum Gasteiger partial charge on any atom is 0.260 e. The molecule has 2 N–H and O–H groups in total. The molecule has 0 radical (unpaired) electrons. The second kappa shape index (κ2) is 7.59. The van der Waals surface area contributed by atoms with E-state index in [0.29, 0.717) is 23.2 Å². The first-order valence-electron chi connectivity index (χ1n) is 9.80. The lowest BCUT2D eigenvalue weighted by molar-refractivity contribution is -0.132. The Hall–Kier alpha value is -2.34. The van der Waals surface area contributed by atoms with E-state index in [1.54, 1.807) is 13.2 Å². The maximum atomic E-state index is 13.1. The average Bonchev–Trinajstić information content (AvgIpc) is 2.92. The van der Waals surface area contributed by atoms with Crippen LogP contribution in [0.4, 0.5) is 0 Å². The number of nitrogens with zero attached hydrogens (tertiary/aromatic N) is 3. The molecule has 4 rings (SSSR count). The van der Waals surface area contributed by atoms with Gasteiger partial charge in [-0.05, 0) is 12.3 Å². The van der Waals surface area contributed by atoms with Crippen molar-refractivity contribution < 1.29 is 9.53 Å². The summed E-state index contributed by atoms with van der Waals surface area (Å²) in [5.74, 6) is 1.22. The first-order chi connectivity index (χ1) is 13.5. The number of carbonyl (C=O) groups is 1. The summed E-state index contributed by atoms with van der Waals surface area (Å²) >= 11 is 6.21. The highest BCUT2D eigenvalue weighted by Crippen LogP contribution is 2.37. The van der Waals surface area contributed by atoms with Gasteiger partial charge in [0.15, 0.2) is 11.5 Å². The van der Waals surface area contributed by atoms with E-state index >= 15 is 0 Å². The Kier molecular flexibility index (Phi) is 5.15. The van der Waals surface area contributed by atoms with Gasteiger partial charge in [0.1, 0.15) is 17.5 Å². The topological polar surface area (TPSA) is 80.8 Å². The summed E-state index contributed by atoms with van der Waals surface area (Å²) in [5.41, 5.74) is 5.03. The number of halogens is 1. The van der Waals surface area contributed by atoms with Gasteiger partial charge in [0.05, 0.1) is 6.20 Å². The molecular weight excluding hydrogens is 376 g/mol. The van der Waals surface area contributed by atoms with Crippen LogP contribution in [0.3, 0.4) is 0 Å². The van der Waals surface area contributed by atoms with Crippen molar-refractivity contribution in [1.29, 1.82) is 0 Å². The molecule has 0 saturated heterocycles. The third-order valence-electron chi connectivity index (χ3n) is 5.90. The number of benzene rings is 1. The molecule has 2 aliphatic rings. The van der Waals surface area contributed by atoms with Crippen molar-refractivity contribution in [3.63, 3.8) is 0 Å². The van der Waals surface area contributed by atoms with Crippen molar-refractivity contribution >= 4 is 34.2 Å². The largest absolute Gasteiger partial charge is 0.488 e. The number of fused-ring (bicyclic) bond motifs is 1. The Bertz CT molecular complexity index is 926. The predicted molar refractivity (Wildman–Crippen MR) is 111 cm³/mol. The van der Waals surface area contributed by atoms with E-state index in [1.165, 1.54) is 24.2 Å². The number of ether oxygens (including phenoxy) is 1. The summed E-state index contributed by atoms with van der Waals surface area (Å²) in [6, 6.07) is 7.67. The molecule has 28 heavy (non-hydrogen) atoms. The van der Waals surface area contributed by atoms with Crippen LogP contribution >= 0.6 is 11.6 Å². The molecule has 148 valence electrons. The molecule has 1 fully saturated rings. The lowest BCUT2D eigenvalue weighted by atomic mass is 9.79. The third kappa shape index (κ3) is 3.41. The van der Waals surface area contributed by atoms with Crippen LogP contribution in [0.5, 0.6) is 5.75 Å². The van der Waals surface area contributed by atoms with Crippen LogP contribution in [0.15, 0.2) is 35.5 Å². The molecule has 2 aromatic rings. The molecule has 0 bridgehead atoms. The van der Waals surface area contributed by atoms with Crippen LogP contribution in [0, 0.1) is 5.92 Å². The molecule has 7 heteroatoms. The number of hydrogen-bond donors (Lipinski definition) is 1. The third-order valence-corrected chi connectivity index (χ3v) is 6.20. The molecule has 6 nitrogen and oxygen atoms in total. The molecular formula is C21H25ClN4O2. The van der Waals surface area contributed by atoms with Gasteiger partial charge in [-0.25, -0.2) is 9.98 Å². The average molecular weight is 401 g/mol. The summed E-state index contributed by atoms with van der Waals surface area (Å²) in [7, 11) is 1.67. The van der Waals surface area contributed by atoms with Gasteiger partial charge in [0.25, 0.3) is 5.91 Å². The van der Waals surface area contributed by atoms with Crippen molar-refractivity contribution in [1.82, 2.24) is 9.88 Å². The number of aromatic nitrogens is 1. The maximum absolute atomic E-state index is 13.1. The fraction of sp³-hybridized carbons (Fsp3) is 0.476. The highest BCUT2D eigenvalue weighted by Gasteiger charge is 2.48. The molecule has 0 unspecified atom stereocenters. The second-order valence-electron chi connectivity index (χ2n) is 7.82. The summed E-state index contributed by atoms with van der Waals surface area (Å²) in [4.78, 5) is 23.3. The Morgan fingerprint density at radius 1 is 1.25 bits per heavy atom. The molecule has 1 atom stereocenters. The molecule has 1 saturated carbocycles. The van der Waals surface area contributed by atoms with Crippen LogP contribution in [0.25, 0.3) is 10.8 Å². The highest BCUT2D eigenvalue weighted by atomic mass is 35.5. The van der Waals surface area contributed by atoms with Crippen LogP contribution in [0.2, 0.25) is 5.15 Å². The number of pyridine rings is 1. The number of carbonyl (C=O) groups excluding carboxylic acids is 1. The van der Waals surface area contributed by atoms with Gasteiger partial charge in [0.2, 0.25) is 0 Å². The molecule has 2 heterocycles. The fourth-order valence-electron chi connectivity index (χ4n) is 4.36. The van der Waals surface area contributed by atoms with Crippen molar-refractivity contribution in [3.05, 3.63) is 35.6 Å². The minimum Gasteiger partial charge on any atom is -0.488 e. The summed E-state index contributed by atoms with van der Waals surface area (Å²) in [6.45, 7) is 0.140. The van der Waals surface area contributed by atoms with Gasteiger partial charge in [-0.15, -0.1) is 0 Å². The van der Waals surface area contributed by atoms with Gasteiger partial charge >= 0.3 is 0 Å². The summed E-state index contributed by atoms with van der Waals surface area (Å²) < 4.78 is 6.14. The highest BCUT2D eigenvalue weighted by molar-refractivity contribution is 6.34. The lowest BCUT2D eigenvalue weighted by Gasteiger charge is -2.31. The van der Waals surface area contributed by atoms with Crippen LogP contribution < -0.4 is 10.5 Å². The van der Waals surface area contributed by atoms with E-state index in [9.17, 15) is 4.79 Å². The number of amides is 1. The standard InChI is InChI=1S/C21H25ClN4O2/c1-26-19(27)21(25-20(26)23,11-14-7-3-2-4-8-14)13-28-17-12-24-18(22)16-10-6-5-9-15(16)17/h5-6,9-10,12,14H,2-4,7-8,11,13H2,1H3,(H2,23,25)/t21-/m0/s1. The molecule has 1 aromatic carbocycles. The second-order valence-corrected chi connectivity index (χ2v) is 8.18. The van der Waals surface area contributed by atoms with Gasteiger partial charge < -0.3 is 10.5 Å². The van der Waals surface area contributed by atoms with Crippen molar-refractivity contribution in [2.24, 2.45) is 16.6 Å². The Morgan fingerprint density at radius 2 is 1.96 bits per heavy atom. The zero-order chi connectivity index (χ0) is 19.7. The van der Waals surface area contributed by atoms with E-state index in [0.717, 1.165) is 23.6 Å². The van der Waals surface area contributed by atoms with E-state index in [2.05, 4.69) is 9.98 Å². The van der Waals surface area contributed by atoms with E-state index in [4.69, 9.17) is 22.1 Å². The smallest absolute Gasteiger partial charge is 0.260 e. The van der Waals surface area contributed by atoms with E-state index in [1.807, 2.05) is 24.3 Å². The van der Waals surface area contributed by atoms with Gasteiger partial charge in [-0.3, -0.25) is 9.69 Å². The lowest BCUT2D eigenvalue weighted by Crippen LogP contribution is -2.47. The molecule has 0 spiro atoms. The Morgan fingerprint density at radius 3 is 2.64 bits per heavy atom. The minimum absolute atomic E-state index is 0.0956. The first-order valence-corrected chi connectivity index (χ1v) is 10.2. The first kappa shape index (κ1) is 19.0. The number of aliphatic imine (C=N–C) groups is 1. The van der Waals surface area contributed by atoms with Crippen molar-refractivity contribution in [2.45, 2.75) is 44.1 Å². The van der Waals surface area contributed by atoms with Gasteiger partial charge in [-0.2, -0.15) is 0 Å². The molecule has 1 aliphatic heterocycles. The molecule has 1 aromatic heterocycles. The number of rotatable bonds is 5. The summed E-state index contributed by atoms with van der Waals surface area (Å²) in [6.07, 6.45) is 8.19. The zero-order valence-corrected chi connectivity index (χ0v) is 16.8. The van der Waals surface area contributed by atoms with Crippen molar-refractivity contribution in [3.8, 4) is 5.75 Å². The van der Waals surface area contributed by atoms with Crippen LogP contribution in [-0.2, 0) is 4.79 Å². The summed E-state index contributed by atoms with van der Waals surface area (Å²) in [5, 5.41) is 2.12. The SMILES string of the molecule is CN1C(=O)[C@@](COc2cnc(Cl)c3ccccc23)(CC2CCCCC2)N=C1N. The molecule has 1 amide bonds.